The second kappa shape index (κ2) is 5.94. The number of benzene rings is 1. The number of hydrogen-bond acceptors (Lipinski definition) is 0. The van der Waals surface area contributed by atoms with Crippen LogP contribution in [0.25, 0.3) is 0 Å². The molecule has 0 aromatic heterocycles. The van der Waals surface area contributed by atoms with Gasteiger partial charge < -0.3 is 0 Å². The topological polar surface area (TPSA) is 0 Å². The van der Waals surface area contributed by atoms with Gasteiger partial charge in [0.25, 0.3) is 0 Å². The van der Waals surface area contributed by atoms with Crippen LogP contribution >= 0.6 is 0 Å². The molecule has 0 aliphatic rings. The van der Waals surface area contributed by atoms with Crippen LogP contribution in [0, 0.1) is 51.9 Å². The fourth-order valence-corrected chi connectivity index (χ4v) is 1.85. The summed E-state index contributed by atoms with van der Waals surface area (Å²) in [7, 11) is 5.71. The van der Waals surface area contributed by atoms with Crippen LogP contribution in [-0.2, 0) is 12.7 Å². The molecule has 1 aromatic rings. The van der Waals surface area contributed by atoms with Crippen molar-refractivity contribution in [3.63, 3.8) is 0 Å². The molecule has 0 saturated carbocycles. The maximum atomic E-state index is 5.71. The van der Waals surface area contributed by atoms with Crippen LogP contribution < -0.4 is 0 Å². The average molecular weight is 409 g/mol. The molecule has 0 N–H and O–H groups in total. The van der Waals surface area contributed by atoms with Gasteiger partial charge >= 0.3 is 31.1 Å². The summed E-state index contributed by atoms with van der Waals surface area (Å²) in [4.78, 5) is 0. The zero-order chi connectivity index (χ0) is 10.0. The molecule has 0 heterocycles. The van der Waals surface area contributed by atoms with Crippen molar-refractivity contribution in [2.24, 2.45) is 0 Å². The first-order valence-electron chi connectivity index (χ1n) is 4.75. The Hall–Kier alpha value is 0.207. The van der Waals surface area contributed by atoms with E-state index in [0.29, 0.717) is 6.32 Å². The molecule has 0 unspecified atom stereocenters. The molecule has 0 fully saturated rings. The van der Waals surface area contributed by atoms with Gasteiger partial charge in [-0.15, -0.1) is 11.9 Å². The van der Waals surface area contributed by atoms with Gasteiger partial charge in [-0.2, -0.15) is 24.1 Å². The van der Waals surface area contributed by atoms with Gasteiger partial charge in [0.05, 0.1) is 7.85 Å². The summed E-state index contributed by atoms with van der Waals surface area (Å²) >= 11 is 0. The van der Waals surface area contributed by atoms with Crippen LogP contribution in [0.4, 0.5) is 0 Å². The maximum Gasteiger partial charge on any atom is 2.00 e. The molecule has 0 aliphatic heterocycles. The van der Waals surface area contributed by atoms with Gasteiger partial charge in [0.2, 0.25) is 0 Å². The predicted octanol–water partition coefficient (Wildman–Crippen LogP) is 2.72. The Morgan fingerprint density at radius 2 is 1.86 bits per heavy atom. The molecule has 70 valence electrons. The van der Waals surface area contributed by atoms with Crippen molar-refractivity contribution in [2.75, 3.05) is 0 Å². The Labute approximate surface area is 113 Å². The van der Waals surface area contributed by atoms with Crippen molar-refractivity contribution in [1.29, 1.82) is 0 Å². The molecule has 14 heavy (non-hydrogen) atoms. The summed E-state index contributed by atoms with van der Waals surface area (Å²) in [5, 5.41) is 0. The van der Waals surface area contributed by atoms with Crippen LogP contribution in [0.2, 0.25) is 0 Å². The fourth-order valence-electron chi connectivity index (χ4n) is 1.85. The standard InChI is InChI=1S/C12H16B.U/c1-5-11-10(4)8(2)6-9(3)12(11)7-13;/h6H,3,5,7H2,1-2,4H3;/q-1;+2. The Balaban J connectivity index is 0.00000169. The molecule has 2 heteroatoms. The average Bonchev–Trinajstić information content (AvgIpc) is 2.10. The molecule has 2 radical (unpaired) electrons. The summed E-state index contributed by atoms with van der Waals surface area (Å²) in [6.07, 6.45) is 1.64. The van der Waals surface area contributed by atoms with E-state index in [4.69, 9.17) is 7.85 Å². The number of hydrogen-bond donors (Lipinski definition) is 0. The monoisotopic (exact) mass is 409 g/mol. The van der Waals surface area contributed by atoms with Crippen LogP contribution in [0.5, 0.6) is 0 Å². The van der Waals surface area contributed by atoms with Crippen LogP contribution in [0.15, 0.2) is 6.07 Å². The Morgan fingerprint density at radius 1 is 1.29 bits per heavy atom. The van der Waals surface area contributed by atoms with E-state index in [-0.39, 0.29) is 31.1 Å². The fraction of sp³-hybridized carbons (Fsp3) is 0.417. The smallest absolute Gasteiger partial charge is 0.198 e. The molecule has 0 aliphatic carbocycles. The van der Waals surface area contributed by atoms with Crippen molar-refractivity contribution in [3.8, 4) is 0 Å². The first-order valence-corrected chi connectivity index (χ1v) is 4.75. The van der Waals surface area contributed by atoms with E-state index in [1.807, 2.05) is 0 Å². The second-order valence-electron chi connectivity index (χ2n) is 3.49. The first kappa shape index (κ1) is 14.2. The van der Waals surface area contributed by atoms with E-state index >= 15 is 0 Å². The Kier molecular flexibility index (Phi) is 6.02. The minimum Gasteiger partial charge on any atom is -0.198 e. The molecular formula is C12H16BU+. The molecular weight excluding hydrogens is 393 g/mol. The minimum atomic E-state index is 0. The van der Waals surface area contributed by atoms with E-state index in [1.165, 1.54) is 22.3 Å². The SMILES string of the molecule is [B]Cc1c([CH2-])cc(C)c(C)c1CC.[U+2]. The molecule has 0 atom stereocenters. The van der Waals surface area contributed by atoms with Gasteiger partial charge in [-0.3, -0.25) is 0 Å². The molecule has 0 amide bonds. The third kappa shape index (κ3) is 2.62. The summed E-state index contributed by atoms with van der Waals surface area (Å²) in [5.74, 6) is 0. The van der Waals surface area contributed by atoms with Gasteiger partial charge in [0.1, 0.15) is 0 Å². The Bertz CT molecular complexity index is 319. The molecule has 0 bridgehead atoms. The number of aryl methyl sites for hydroxylation is 1. The minimum absolute atomic E-state index is 0. The van der Waals surface area contributed by atoms with Crippen LogP contribution in [0.1, 0.15) is 34.7 Å². The third-order valence-corrected chi connectivity index (χ3v) is 2.74. The van der Waals surface area contributed by atoms with E-state index in [9.17, 15) is 0 Å². The normalized spacial score (nSPS) is 9.64. The molecule has 1 rings (SSSR count). The predicted molar refractivity (Wildman–Crippen MR) is 59.2 cm³/mol. The molecule has 0 spiro atoms. The van der Waals surface area contributed by atoms with Crippen molar-refractivity contribution >= 4 is 7.85 Å². The van der Waals surface area contributed by atoms with Crippen LogP contribution in [-0.4, -0.2) is 7.85 Å². The second-order valence-corrected chi connectivity index (χ2v) is 3.49. The van der Waals surface area contributed by atoms with Crippen molar-refractivity contribution in [3.05, 3.63) is 40.8 Å². The molecule has 1 aromatic carbocycles. The van der Waals surface area contributed by atoms with E-state index in [0.717, 1.165) is 12.0 Å². The summed E-state index contributed by atoms with van der Waals surface area (Å²) in [6.45, 7) is 10.5. The van der Waals surface area contributed by atoms with Gasteiger partial charge in [0, 0.05) is 0 Å². The van der Waals surface area contributed by atoms with E-state index in [2.05, 4.69) is 33.8 Å². The van der Waals surface area contributed by atoms with E-state index < -0.39 is 0 Å². The maximum absolute atomic E-state index is 5.71. The largest absolute Gasteiger partial charge is 2.00 e. The van der Waals surface area contributed by atoms with Gasteiger partial charge in [-0.25, -0.2) is 0 Å². The van der Waals surface area contributed by atoms with Crippen molar-refractivity contribution < 1.29 is 31.1 Å². The molecule has 0 nitrogen and oxygen atoms in total. The summed E-state index contributed by atoms with van der Waals surface area (Å²) in [6, 6.07) is 2.12. The summed E-state index contributed by atoms with van der Waals surface area (Å²) in [5.41, 5.74) is 6.38. The van der Waals surface area contributed by atoms with Gasteiger partial charge in [-0.05, 0) is 13.3 Å². The van der Waals surface area contributed by atoms with Crippen molar-refractivity contribution in [1.82, 2.24) is 0 Å². The van der Waals surface area contributed by atoms with E-state index in [1.54, 1.807) is 0 Å². The first-order chi connectivity index (χ1) is 6.11. The zero-order valence-electron chi connectivity index (χ0n) is 9.28. The summed E-state index contributed by atoms with van der Waals surface area (Å²) < 4.78 is 0. The van der Waals surface area contributed by atoms with Gasteiger partial charge in [0.15, 0.2) is 0 Å². The van der Waals surface area contributed by atoms with Gasteiger partial charge in [-0.1, -0.05) is 25.0 Å². The zero-order valence-corrected chi connectivity index (χ0v) is 13.4. The quantitative estimate of drug-likeness (QED) is 0.521. The number of rotatable bonds is 2. The van der Waals surface area contributed by atoms with Crippen LogP contribution in [0.3, 0.4) is 0 Å². The third-order valence-electron chi connectivity index (χ3n) is 2.74. The van der Waals surface area contributed by atoms with Crippen molar-refractivity contribution in [2.45, 2.75) is 33.5 Å². The Morgan fingerprint density at radius 3 is 2.29 bits per heavy atom. The molecule has 0 saturated heterocycles.